The number of nitrogens with zero attached hydrogens (tertiary/aromatic N) is 1. The number of halogens is 1. The van der Waals surface area contributed by atoms with Crippen molar-refractivity contribution < 1.29 is 14.6 Å². The number of pyridine rings is 1. The molecule has 92 valence electrons. The van der Waals surface area contributed by atoms with Crippen molar-refractivity contribution in [3.8, 4) is 16.9 Å². The Balaban J connectivity index is 2.61. The largest absolute Gasteiger partial charge is 0.495 e. The molecule has 18 heavy (non-hydrogen) atoms. The monoisotopic (exact) mass is 263 g/mol. The second-order valence-corrected chi connectivity index (χ2v) is 4.04. The summed E-state index contributed by atoms with van der Waals surface area (Å²) in [5.41, 5.74) is 1.34. The van der Waals surface area contributed by atoms with Crippen LogP contribution in [0.5, 0.6) is 5.75 Å². The Morgan fingerprint density at radius 3 is 2.78 bits per heavy atom. The molecule has 2 rings (SSSR count). The molecule has 0 unspecified atom stereocenters. The molecule has 0 aliphatic rings. The molecule has 0 radical (unpaired) electrons. The van der Waals surface area contributed by atoms with Gasteiger partial charge in [-0.15, -0.1) is 0 Å². The third kappa shape index (κ3) is 2.43. The number of rotatable bonds is 3. The smallest absolute Gasteiger partial charge is 0.336 e. The van der Waals surface area contributed by atoms with Crippen LogP contribution in [0, 0.1) is 0 Å². The van der Waals surface area contributed by atoms with E-state index in [1.807, 2.05) is 0 Å². The molecule has 1 N–H and O–H groups in total. The highest BCUT2D eigenvalue weighted by Gasteiger charge is 2.13. The molecule has 1 heterocycles. The number of hydrogen-bond donors (Lipinski definition) is 1. The van der Waals surface area contributed by atoms with Gasteiger partial charge in [0.05, 0.1) is 18.9 Å². The number of aromatic carboxylic acids is 1. The van der Waals surface area contributed by atoms with Gasteiger partial charge >= 0.3 is 5.97 Å². The molecule has 0 atom stereocenters. The van der Waals surface area contributed by atoms with Gasteiger partial charge in [0.1, 0.15) is 5.75 Å². The van der Waals surface area contributed by atoms with E-state index in [-0.39, 0.29) is 5.56 Å². The fourth-order valence-corrected chi connectivity index (χ4v) is 1.79. The zero-order chi connectivity index (χ0) is 13.1. The van der Waals surface area contributed by atoms with E-state index in [1.165, 1.54) is 13.2 Å². The summed E-state index contributed by atoms with van der Waals surface area (Å²) < 4.78 is 5.06. The highest BCUT2D eigenvalue weighted by molar-refractivity contribution is 6.31. The van der Waals surface area contributed by atoms with Crippen molar-refractivity contribution in [3.63, 3.8) is 0 Å². The van der Waals surface area contributed by atoms with Crippen molar-refractivity contribution in [2.24, 2.45) is 0 Å². The third-order valence-electron chi connectivity index (χ3n) is 2.47. The van der Waals surface area contributed by atoms with Crippen molar-refractivity contribution in [2.75, 3.05) is 7.11 Å². The predicted octanol–water partition coefficient (Wildman–Crippen LogP) is 3.11. The van der Waals surface area contributed by atoms with Gasteiger partial charge in [-0.1, -0.05) is 11.6 Å². The third-order valence-corrected chi connectivity index (χ3v) is 2.71. The van der Waals surface area contributed by atoms with Gasteiger partial charge in [0.2, 0.25) is 0 Å². The molecule has 4 nitrogen and oxygen atoms in total. The molecule has 2 aromatic rings. The van der Waals surface area contributed by atoms with Crippen molar-refractivity contribution in [2.45, 2.75) is 0 Å². The predicted molar refractivity (Wildman–Crippen MR) is 68.2 cm³/mol. The van der Waals surface area contributed by atoms with Crippen LogP contribution < -0.4 is 4.74 Å². The lowest BCUT2D eigenvalue weighted by molar-refractivity contribution is 0.0697. The van der Waals surface area contributed by atoms with Gasteiger partial charge in [-0.05, 0) is 29.8 Å². The summed E-state index contributed by atoms with van der Waals surface area (Å²) in [6.07, 6.45) is 3.12. The number of hydrogen-bond acceptors (Lipinski definition) is 3. The minimum absolute atomic E-state index is 0.175. The molecule has 1 aromatic heterocycles. The standard InChI is InChI=1S/C13H10ClNO3/c1-18-10-4-8(6-15-7-10)12-5-9(14)2-3-11(12)13(16)17/h2-7H,1H3,(H,16,17). The fourth-order valence-electron chi connectivity index (χ4n) is 1.62. The van der Waals surface area contributed by atoms with E-state index >= 15 is 0 Å². The van der Waals surface area contributed by atoms with Crippen LogP contribution in [0.2, 0.25) is 5.02 Å². The molecule has 0 fully saturated rings. The molecular weight excluding hydrogens is 254 g/mol. The van der Waals surface area contributed by atoms with Crippen LogP contribution >= 0.6 is 11.6 Å². The first-order valence-corrected chi connectivity index (χ1v) is 5.52. The maximum atomic E-state index is 11.2. The maximum absolute atomic E-state index is 11.2. The number of benzene rings is 1. The molecule has 5 heteroatoms. The van der Waals surface area contributed by atoms with Crippen LogP contribution in [-0.4, -0.2) is 23.2 Å². The summed E-state index contributed by atoms with van der Waals surface area (Å²) in [6.45, 7) is 0. The lowest BCUT2D eigenvalue weighted by Gasteiger charge is -2.08. The molecule has 1 aromatic carbocycles. The molecule has 0 aliphatic carbocycles. The average Bonchev–Trinajstić information content (AvgIpc) is 2.38. The van der Waals surface area contributed by atoms with Crippen molar-refractivity contribution in [3.05, 3.63) is 47.2 Å². The van der Waals surface area contributed by atoms with E-state index in [2.05, 4.69) is 4.98 Å². The van der Waals surface area contributed by atoms with Gasteiger partial charge in [0, 0.05) is 16.8 Å². The summed E-state index contributed by atoms with van der Waals surface area (Å²) in [5.74, 6) is -0.451. The first kappa shape index (κ1) is 12.4. The first-order chi connectivity index (χ1) is 8.61. The summed E-state index contributed by atoms with van der Waals surface area (Å²) >= 11 is 5.90. The van der Waals surface area contributed by atoms with E-state index in [0.717, 1.165) is 0 Å². The summed E-state index contributed by atoms with van der Waals surface area (Å²) in [6, 6.07) is 6.33. The number of aromatic nitrogens is 1. The van der Waals surface area contributed by atoms with E-state index < -0.39 is 5.97 Å². The molecule has 0 saturated heterocycles. The topological polar surface area (TPSA) is 59.4 Å². The zero-order valence-corrected chi connectivity index (χ0v) is 10.3. The first-order valence-electron chi connectivity index (χ1n) is 5.14. The Morgan fingerprint density at radius 2 is 2.11 bits per heavy atom. The van der Waals surface area contributed by atoms with E-state index in [4.69, 9.17) is 21.4 Å². The number of ether oxygens (including phenoxy) is 1. The minimum atomic E-state index is -1.01. The SMILES string of the molecule is COc1cncc(-c2cc(Cl)ccc2C(=O)O)c1. The zero-order valence-electron chi connectivity index (χ0n) is 9.55. The molecular formula is C13H10ClNO3. The van der Waals surface area contributed by atoms with Gasteiger partial charge in [-0.2, -0.15) is 0 Å². The maximum Gasteiger partial charge on any atom is 0.336 e. The number of carboxylic acids is 1. The van der Waals surface area contributed by atoms with E-state index in [9.17, 15) is 4.79 Å². The van der Waals surface area contributed by atoms with Gasteiger partial charge in [0.25, 0.3) is 0 Å². The average molecular weight is 264 g/mol. The normalized spacial score (nSPS) is 10.1. The van der Waals surface area contributed by atoms with Crippen LogP contribution in [0.3, 0.4) is 0 Å². The Bertz CT molecular complexity index is 599. The number of carbonyl (C=O) groups is 1. The van der Waals surface area contributed by atoms with Crippen molar-refractivity contribution in [1.82, 2.24) is 4.98 Å². The second kappa shape index (κ2) is 5.06. The Hall–Kier alpha value is -2.07. The van der Waals surface area contributed by atoms with Gasteiger partial charge in [-0.25, -0.2) is 4.79 Å². The minimum Gasteiger partial charge on any atom is -0.495 e. The van der Waals surface area contributed by atoms with E-state index in [1.54, 1.807) is 30.6 Å². The van der Waals surface area contributed by atoms with Gasteiger partial charge in [-0.3, -0.25) is 4.98 Å². The van der Waals surface area contributed by atoms with E-state index in [0.29, 0.717) is 21.9 Å². The Morgan fingerprint density at radius 1 is 1.33 bits per heavy atom. The van der Waals surface area contributed by atoms with Crippen LogP contribution in [-0.2, 0) is 0 Å². The molecule has 0 amide bonds. The van der Waals surface area contributed by atoms with Crippen molar-refractivity contribution in [1.29, 1.82) is 0 Å². The van der Waals surface area contributed by atoms with Crippen molar-refractivity contribution >= 4 is 17.6 Å². The summed E-state index contributed by atoms with van der Waals surface area (Å²) in [4.78, 5) is 15.2. The van der Waals surface area contributed by atoms with Crippen LogP contribution in [0.15, 0.2) is 36.7 Å². The molecule has 0 bridgehead atoms. The highest BCUT2D eigenvalue weighted by Crippen LogP contribution is 2.28. The Kier molecular flexibility index (Phi) is 3.48. The van der Waals surface area contributed by atoms with Gasteiger partial charge < -0.3 is 9.84 Å². The quantitative estimate of drug-likeness (QED) is 0.924. The second-order valence-electron chi connectivity index (χ2n) is 3.61. The van der Waals surface area contributed by atoms with Crippen LogP contribution in [0.1, 0.15) is 10.4 Å². The van der Waals surface area contributed by atoms with Crippen LogP contribution in [0.25, 0.3) is 11.1 Å². The molecule has 0 aliphatic heterocycles. The molecule has 0 spiro atoms. The number of carboxylic acid groups (broad SMARTS) is 1. The highest BCUT2D eigenvalue weighted by atomic mass is 35.5. The summed E-state index contributed by atoms with van der Waals surface area (Å²) in [5, 5.41) is 9.62. The lowest BCUT2D eigenvalue weighted by Crippen LogP contribution is -1.99. The summed E-state index contributed by atoms with van der Waals surface area (Å²) in [7, 11) is 1.52. The van der Waals surface area contributed by atoms with Gasteiger partial charge in [0.15, 0.2) is 0 Å². The fraction of sp³-hybridized carbons (Fsp3) is 0.0769. The molecule has 0 saturated carbocycles. The Labute approximate surface area is 109 Å². The van der Waals surface area contributed by atoms with Crippen LogP contribution in [0.4, 0.5) is 0 Å². The number of methoxy groups -OCH3 is 1. The lowest BCUT2D eigenvalue weighted by atomic mass is 10.0.